The summed E-state index contributed by atoms with van der Waals surface area (Å²) in [6.45, 7) is 2.55. The summed E-state index contributed by atoms with van der Waals surface area (Å²) in [5.41, 5.74) is 0.380. The zero-order chi connectivity index (χ0) is 19.9. The number of hydrogen-bond donors (Lipinski definition) is 0. The minimum Gasteiger partial charge on any atom is -0.391 e. The molecule has 0 aliphatic heterocycles. The predicted molar refractivity (Wildman–Crippen MR) is 91.7 cm³/mol. The van der Waals surface area contributed by atoms with E-state index in [1.54, 1.807) is 19.1 Å². The normalized spacial score (nSPS) is 13.7. The second-order valence-electron chi connectivity index (χ2n) is 5.09. The van der Waals surface area contributed by atoms with E-state index in [-0.39, 0.29) is 0 Å². The lowest BCUT2D eigenvalue weighted by Crippen LogP contribution is -2.07. The van der Waals surface area contributed by atoms with Crippen LogP contribution >= 0.6 is 23.2 Å². The van der Waals surface area contributed by atoms with Gasteiger partial charge in [-0.15, -0.1) is 11.6 Å². The van der Waals surface area contributed by atoms with E-state index in [0.717, 1.165) is 11.8 Å². The largest absolute Gasteiger partial charge is 0.391 e. The average molecular weight is 414 g/mol. The van der Waals surface area contributed by atoms with E-state index in [1.807, 2.05) is 6.92 Å². The first kappa shape index (κ1) is 22.2. The number of rotatable bonds is 7. The third kappa shape index (κ3) is 5.85. The molecule has 2 nitrogen and oxygen atoms in total. The maximum absolute atomic E-state index is 13.4. The summed E-state index contributed by atoms with van der Waals surface area (Å²) in [4.78, 5) is 4.57. The number of hydrogen-bond acceptors (Lipinski definition) is 2. The van der Waals surface area contributed by atoms with Gasteiger partial charge in [-0.05, 0) is 31.6 Å². The number of halogens is 7. The molecule has 0 N–H and O–H groups in total. The molecule has 0 spiro atoms. The second-order valence-corrected chi connectivity index (χ2v) is 5.76. The Morgan fingerprint density at radius 1 is 0.923 bits per heavy atom. The molecular formula is C17H14Cl2F5NO. The number of oxime groups is 1. The summed E-state index contributed by atoms with van der Waals surface area (Å²) >= 11 is 11.6. The van der Waals surface area contributed by atoms with Crippen molar-refractivity contribution >= 4 is 29.4 Å². The fraction of sp³-hybridized carbons (Fsp3) is 0.235. The van der Waals surface area contributed by atoms with Gasteiger partial charge in [0.2, 0.25) is 5.82 Å². The Labute approximate surface area is 157 Å². The fourth-order valence-electron chi connectivity index (χ4n) is 1.54. The van der Waals surface area contributed by atoms with Crippen LogP contribution in [0, 0.1) is 29.1 Å². The molecule has 0 aromatic heterocycles. The van der Waals surface area contributed by atoms with Gasteiger partial charge in [0.15, 0.2) is 23.3 Å². The van der Waals surface area contributed by atoms with Crippen LogP contribution in [0.25, 0.3) is 0 Å². The quantitative estimate of drug-likeness (QED) is 0.1000. The van der Waals surface area contributed by atoms with E-state index < -0.39 is 41.3 Å². The molecule has 0 aliphatic rings. The zero-order valence-corrected chi connectivity index (χ0v) is 15.2. The van der Waals surface area contributed by atoms with Gasteiger partial charge in [-0.1, -0.05) is 28.4 Å². The number of benzene rings is 1. The Morgan fingerprint density at radius 2 is 1.46 bits per heavy atom. The minimum absolute atomic E-state index is 0.358. The Hall–Kier alpha value is -1.86. The molecule has 0 bridgehead atoms. The molecule has 0 atom stereocenters. The number of alkyl halides is 1. The first-order chi connectivity index (χ1) is 12.2. The van der Waals surface area contributed by atoms with Crippen molar-refractivity contribution in [3.8, 4) is 0 Å². The Morgan fingerprint density at radius 3 is 2.00 bits per heavy atom. The summed E-state index contributed by atoms with van der Waals surface area (Å²) in [6, 6.07) is 0. The second kappa shape index (κ2) is 10.3. The summed E-state index contributed by atoms with van der Waals surface area (Å²) in [5, 5.41) is 3.76. The van der Waals surface area contributed by atoms with Crippen molar-refractivity contribution in [3.05, 3.63) is 69.1 Å². The van der Waals surface area contributed by atoms with Crippen molar-refractivity contribution in [2.24, 2.45) is 5.16 Å². The van der Waals surface area contributed by atoms with Crippen LogP contribution in [-0.4, -0.2) is 12.1 Å². The first-order valence-electron chi connectivity index (χ1n) is 7.12. The van der Waals surface area contributed by atoms with E-state index in [0.29, 0.717) is 16.5 Å². The molecule has 0 saturated carbocycles. The summed E-state index contributed by atoms with van der Waals surface area (Å²) in [6.07, 6.45) is 5.90. The first-order valence-corrected chi connectivity index (χ1v) is 8.03. The molecule has 0 saturated heterocycles. The SMILES string of the molecule is C\C(=C/C=C(Cl)/C(C)=C/C=N/OCc1c(F)c(F)c(F)c(F)c1F)CCl. The monoisotopic (exact) mass is 413 g/mol. The molecule has 0 aliphatic carbocycles. The third-order valence-electron chi connectivity index (χ3n) is 3.07. The zero-order valence-electron chi connectivity index (χ0n) is 13.7. The van der Waals surface area contributed by atoms with Crippen LogP contribution in [0.3, 0.4) is 0 Å². The summed E-state index contributed by atoms with van der Waals surface area (Å²) in [7, 11) is 0. The molecule has 1 aromatic rings. The lowest BCUT2D eigenvalue weighted by atomic mass is 10.2. The van der Waals surface area contributed by atoms with Gasteiger partial charge < -0.3 is 4.84 Å². The van der Waals surface area contributed by atoms with Gasteiger partial charge in [0.05, 0.1) is 11.8 Å². The highest BCUT2D eigenvalue weighted by Gasteiger charge is 2.25. The molecule has 0 radical (unpaired) electrons. The van der Waals surface area contributed by atoms with Crippen molar-refractivity contribution in [1.82, 2.24) is 0 Å². The lowest BCUT2D eigenvalue weighted by molar-refractivity contribution is 0.124. The molecule has 1 rings (SSSR count). The van der Waals surface area contributed by atoms with E-state index in [2.05, 4.69) is 9.99 Å². The van der Waals surface area contributed by atoms with Crippen molar-refractivity contribution in [1.29, 1.82) is 0 Å². The van der Waals surface area contributed by atoms with E-state index in [9.17, 15) is 22.0 Å². The van der Waals surface area contributed by atoms with Gasteiger partial charge in [0, 0.05) is 10.9 Å². The molecule has 9 heteroatoms. The van der Waals surface area contributed by atoms with Crippen LogP contribution in [0.5, 0.6) is 0 Å². The number of allylic oxidation sites excluding steroid dienone is 6. The Kier molecular flexibility index (Phi) is 8.81. The van der Waals surface area contributed by atoms with Crippen molar-refractivity contribution in [3.63, 3.8) is 0 Å². The fourth-order valence-corrected chi connectivity index (χ4v) is 1.75. The van der Waals surface area contributed by atoms with Crippen LogP contribution < -0.4 is 0 Å². The topological polar surface area (TPSA) is 21.6 Å². The van der Waals surface area contributed by atoms with Crippen molar-refractivity contribution < 1.29 is 26.8 Å². The Balaban J connectivity index is 2.77. The van der Waals surface area contributed by atoms with Crippen molar-refractivity contribution in [2.75, 3.05) is 5.88 Å². The van der Waals surface area contributed by atoms with Crippen LogP contribution in [0.15, 0.2) is 39.6 Å². The minimum atomic E-state index is -2.23. The molecule has 0 fully saturated rings. The average Bonchev–Trinajstić information content (AvgIpc) is 2.64. The van der Waals surface area contributed by atoms with Crippen LogP contribution in [0.2, 0.25) is 0 Å². The molecule has 142 valence electrons. The van der Waals surface area contributed by atoms with Gasteiger partial charge in [-0.25, -0.2) is 22.0 Å². The number of nitrogens with zero attached hydrogens (tertiary/aromatic N) is 1. The van der Waals surface area contributed by atoms with E-state index in [4.69, 9.17) is 23.2 Å². The van der Waals surface area contributed by atoms with E-state index in [1.165, 1.54) is 6.08 Å². The van der Waals surface area contributed by atoms with Gasteiger partial charge in [-0.2, -0.15) is 0 Å². The molecule has 26 heavy (non-hydrogen) atoms. The van der Waals surface area contributed by atoms with Gasteiger partial charge >= 0.3 is 0 Å². The van der Waals surface area contributed by atoms with Gasteiger partial charge in [0.1, 0.15) is 6.61 Å². The Bertz CT molecular complexity index is 759. The molecule has 0 heterocycles. The van der Waals surface area contributed by atoms with Crippen LogP contribution in [0.4, 0.5) is 22.0 Å². The molecule has 1 aromatic carbocycles. The summed E-state index contributed by atoms with van der Waals surface area (Å²) in [5.74, 6) is -9.88. The standard InChI is InChI=1S/C17H14Cl2F5NO/c1-9(7-18)3-4-12(19)10(2)5-6-25-26-8-11-13(20)15(22)17(24)16(23)14(11)21/h3-6H,7-8H2,1-2H3/b9-3+,10-5+,12-4-,25-6+. The summed E-state index contributed by atoms with van der Waals surface area (Å²) < 4.78 is 65.8. The van der Waals surface area contributed by atoms with Crippen molar-refractivity contribution in [2.45, 2.75) is 20.5 Å². The third-order valence-corrected chi connectivity index (χ3v) is 3.92. The molecular weight excluding hydrogens is 400 g/mol. The highest BCUT2D eigenvalue weighted by atomic mass is 35.5. The van der Waals surface area contributed by atoms with Crippen LogP contribution in [0.1, 0.15) is 19.4 Å². The van der Waals surface area contributed by atoms with E-state index >= 15 is 0 Å². The smallest absolute Gasteiger partial charge is 0.200 e. The predicted octanol–water partition coefficient (Wildman–Crippen LogP) is 6.14. The maximum Gasteiger partial charge on any atom is 0.200 e. The highest BCUT2D eigenvalue weighted by Crippen LogP contribution is 2.23. The van der Waals surface area contributed by atoms with Gasteiger partial charge in [0.25, 0.3) is 0 Å². The van der Waals surface area contributed by atoms with Crippen LogP contribution in [-0.2, 0) is 11.4 Å². The van der Waals surface area contributed by atoms with Gasteiger partial charge in [-0.3, -0.25) is 0 Å². The highest BCUT2D eigenvalue weighted by molar-refractivity contribution is 6.32. The molecule has 0 unspecified atom stereocenters. The molecule has 0 amide bonds. The lowest BCUT2D eigenvalue weighted by Gasteiger charge is -2.06. The maximum atomic E-state index is 13.4.